The number of aryl methyl sites for hydroxylation is 1. The van der Waals surface area contributed by atoms with Gasteiger partial charge in [0.1, 0.15) is 5.82 Å². The Kier molecular flexibility index (Phi) is 2.29. The van der Waals surface area contributed by atoms with Crippen LogP contribution in [0.25, 0.3) is 10.7 Å². The van der Waals surface area contributed by atoms with E-state index in [9.17, 15) is 5.11 Å². The second-order valence-electron chi connectivity index (χ2n) is 4.15. The average Bonchev–Trinajstić information content (AvgIpc) is 2.83. The zero-order valence-corrected chi connectivity index (χ0v) is 9.87. The van der Waals surface area contributed by atoms with Crippen molar-refractivity contribution in [3.63, 3.8) is 0 Å². The van der Waals surface area contributed by atoms with Crippen molar-refractivity contribution in [1.82, 2.24) is 14.8 Å². The van der Waals surface area contributed by atoms with Crippen molar-refractivity contribution in [2.75, 3.05) is 0 Å². The van der Waals surface area contributed by atoms with Gasteiger partial charge in [0.15, 0.2) is 5.82 Å². The zero-order chi connectivity index (χ0) is 11.1. The molecule has 0 saturated heterocycles. The normalized spacial score (nSPS) is 19.8. The Morgan fingerprint density at radius 1 is 1.44 bits per heavy atom. The topological polar surface area (TPSA) is 50.9 Å². The maximum Gasteiger partial charge on any atom is 0.174 e. The highest BCUT2D eigenvalue weighted by molar-refractivity contribution is 7.15. The van der Waals surface area contributed by atoms with Crippen LogP contribution < -0.4 is 0 Å². The Balaban J connectivity index is 2.03. The van der Waals surface area contributed by atoms with E-state index in [1.807, 2.05) is 0 Å². The first-order valence-corrected chi connectivity index (χ1v) is 6.22. The minimum atomic E-state index is -0.255. The van der Waals surface area contributed by atoms with Gasteiger partial charge >= 0.3 is 0 Å². The molecule has 2 aromatic heterocycles. The molecule has 0 aromatic carbocycles. The highest BCUT2D eigenvalue weighted by Crippen LogP contribution is 2.28. The number of hydrogen-bond acceptors (Lipinski definition) is 4. The van der Waals surface area contributed by atoms with Gasteiger partial charge in [0.05, 0.1) is 11.0 Å². The number of rotatable bonds is 1. The van der Waals surface area contributed by atoms with Crippen LogP contribution in [0.3, 0.4) is 0 Å². The number of fused-ring (bicyclic) bond motifs is 1. The van der Waals surface area contributed by atoms with Gasteiger partial charge in [0, 0.05) is 17.8 Å². The Labute approximate surface area is 97.6 Å². The SMILES string of the molecule is Cc1ccc(-c2nnc3n2CCC(O)C3)s1. The number of aliphatic hydroxyl groups is 1. The van der Waals surface area contributed by atoms with E-state index in [2.05, 4.69) is 33.8 Å². The number of thiophene rings is 1. The molecule has 0 aliphatic carbocycles. The van der Waals surface area contributed by atoms with Gasteiger partial charge in [0.25, 0.3) is 0 Å². The first-order valence-electron chi connectivity index (χ1n) is 5.41. The predicted molar refractivity (Wildman–Crippen MR) is 62.4 cm³/mol. The van der Waals surface area contributed by atoms with Gasteiger partial charge in [-0.3, -0.25) is 0 Å². The van der Waals surface area contributed by atoms with Crippen molar-refractivity contribution in [2.45, 2.75) is 32.4 Å². The molecule has 4 nitrogen and oxygen atoms in total. The Bertz CT molecular complexity index is 517. The fourth-order valence-electron chi connectivity index (χ4n) is 2.05. The number of hydrogen-bond donors (Lipinski definition) is 1. The van der Waals surface area contributed by atoms with Gasteiger partial charge in [0.2, 0.25) is 0 Å². The summed E-state index contributed by atoms with van der Waals surface area (Å²) in [6.45, 7) is 2.90. The third-order valence-corrected chi connectivity index (χ3v) is 3.89. The van der Waals surface area contributed by atoms with E-state index >= 15 is 0 Å². The Morgan fingerprint density at radius 2 is 2.31 bits per heavy atom. The molecule has 3 heterocycles. The van der Waals surface area contributed by atoms with Gasteiger partial charge < -0.3 is 9.67 Å². The zero-order valence-electron chi connectivity index (χ0n) is 9.05. The molecule has 16 heavy (non-hydrogen) atoms. The lowest BCUT2D eigenvalue weighted by Gasteiger charge is -2.18. The molecular weight excluding hydrogens is 222 g/mol. The van der Waals surface area contributed by atoms with Gasteiger partial charge in [-0.1, -0.05) is 0 Å². The molecule has 1 N–H and O–H groups in total. The standard InChI is InChI=1S/C11H13N3OS/c1-7-2-3-9(16-7)11-13-12-10-6-8(15)4-5-14(10)11/h2-3,8,15H,4-6H2,1H3. The molecule has 5 heteroatoms. The molecule has 0 spiro atoms. The average molecular weight is 235 g/mol. The van der Waals surface area contributed by atoms with Crippen LogP contribution in [0.5, 0.6) is 0 Å². The quantitative estimate of drug-likeness (QED) is 0.817. The summed E-state index contributed by atoms with van der Waals surface area (Å²) in [6.07, 6.45) is 1.16. The molecule has 2 aromatic rings. The first-order chi connectivity index (χ1) is 7.74. The molecule has 1 aliphatic heterocycles. The summed E-state index contributed by atoms with van der Waals surface area (Å²) in [4.78, 5) is 2.44. The molecule has 0 fully saturated rings. The molecule has 3 rings (SSSR count). The third-order valence-electron chi connectivity index (χ3n) is 2.89. The number of nitrogens with zero attached hydrogens (tertiary/aromatic N) is 3. The monoisotopic (exact) mass is 235 g/mol. The summed E-state index contributed by atoms with van der Waals surface area (Å²) in [5.41, 5.74) is 0. The van der Waals surface area contributed by atoms with Crippen molar-refractivity contribution in [2.24, 2.45) is 0 Å². The summed E-state index contributed by atoms with van der Waals surface area (Å²) >= 11 is 1.73. The lowest BCUT2D eigenvalue weighted by atomic mass is 10.1. The maximum atomic E-state index is 9.56. The molecule has 84 valence electrons. The lowest BCUT2D eigenvalue weighted by molar-refractivity contribution is 0.142. The summed E-state index contributed by atoms with van der Waals surface area (Å²) in [5.74, 6) is 1.85. The van der Waals surface area contributed by atoms with E-state index in [-0.39, 0.29) is 6.10 Å². The van der Waals surface area contributed by atoms with E-state index < -0.39 is 0 Å². The van der Waals surface area contributed by atoms with Crippen LogP contribution >= 0.6 is 11.3 Å². The van der Waals surface area contributed by atoms with E-state index in [1.54, 1.807) is 11.3 Å². The second-order valence-corrected chi connectivity index (χ2v) is 5.44. The Morgan fingerprint density at radius 3 is 3.06 bits per heavy atom. The minimum Gasteiger partial charge on any atom is -0.393 e. The van der Waals surface area contributed by atoms with E-state index in [0.29, 0.717) is 6.42 Å². The van der Waals surface area contributed by atoms with Crippen molar-refractivity contribution in [1.29, 1.82) is 0 Å². The van der Waals surface area contributed by atoms with Crippen molar-refractivity contribution in [3.8, 4) is 10.7 Å². The molecule has 1 aliphatic rings. The molecular formula is C11H13N3OS. The van der Waals surface area contributed by atoms with Crippen molar-refractivity contribution < 1.29 is 5.11 Å². The Hall–Kier alpha value is -1.20. The summed E-state index contributed by atoms with van der Waals surface area (Å²) < 4.78 is 2.12. The minimum absolute atomic E-state index is 0.255. The number of aliphatic hydroxyl groups excluding tert-OH is 1. The maximum absolute atomic E-state index is 9.56. The van der Waals surface area contributed by atoms with Crippen LogP contribution in [0.4, 0.5) is 0 Å². The first kappa shape index (κ1) is 9.99. The van der Waals surface area contributed by atoms with Crippen molar-refractivity contribution >= 4 is 11.3 Å². The molecule has 0 saturated carbocycles. The van der Waals surface area contributed by atoms with Gasteiger partial charge in [-0.25, -0.2) is 0 Å². The van der Waals surface area contributed by atoms with E-state index in [1.165, 1.54) is 4.88 Å². The van der Waals surface area contributed by atoms with Crippen LogP contribution in [-0.2, 0) is 13.0 Å². The fraction of sp³-hybridized carbons (Fsp3) is 0.455. The molecule has 1 atom stereocenters. The lowest BCUT2D eigenvalue weighted by Crippen LogP contribution is -2.23. The second kappa shape index (κ2) is 3.68. The van der Waals surface area contributed by atoms with Gasteiger partial charge in [-0.05, 0) is 25.5 Å². The summed E-state index contributed by atoms with van der Waals surface area (Å²) in [7, 11) is 0. The summed E-state index contributed by atoms with van der Waals surface area (Å²) in [6, 6.07) is 4.18. The summed E-state index contributed by atoms with van der Waals surface area (Å²) in [5, 5.41) is 17.9. The van der Waals surface area contributed by atoms with Crippen LogP contribution in [0.15, 0.2) is 12.1 Å². The van der Waals surface area contributed by atoms with Gasteiger partial charge in [-0.15, -0.1) is 21.5 Å². The van der Waals surface area contributed by atoms with Crippen LogP contribution in [0.1, 0.15) is 17.1 Å². The predicted octanol–water partition coefficient (Wildman–Crippen LogP) is 1.62. The fourth-order valence-corrected chi connectivity index (χ4v) is 2.91. The highest BCUT2D eigenvalue weighted by atomic mass is 32.1. The van der Waals surface area contributed by atoms with Crippen LogP contribution in [0.2, 0.25) is 0 Å². The van der Waals surface area contributed by atoms with Gasteiger partial charge in [-0.2, -0.15) is 0 Å². The smallest absolute Gasteiger partial charge is 0.174 e. The van der Waals surface area contributed by atoms with Crippen LogP contribution in [-0.4, -0.2) is 26.0 Å². The van der Waals surface area contributed by atoms with Crippen molar-refractivity contribution in [3.05, 3.63) is 22.8 Å². The van der Waals surface area contributed by atoms with E-state index in [4.69, 9.17) is 0 Å². The van der Waals surface area contributed by atoms with E-state index in [0.717, 1.165) is 29.5 Å². The molecule has 0 bridgehead atoms. The molecule has 0 amide bonds. The number of aromatic nitrogens is 3. The highest BCUT2D eigenvalue weighted by Gasteiger charge is 2.22. The van der Waals surface area contributed by atoms with Crippen LogP contribution in [0, 0.1) is 6.92 Å². The third kappa shape index (κ3) is 1.56. The largest absolute Gasteiger partial charge is 0.393 e. The molecule has 1 unspecified atom stereocenters. The molecule has 0 radical (unpaired) electrons.